The van der Waals surface area contributed by atoms with Gasteiger partial charge >= 0.3 is 156 Å². The number of carbonyl (C=O) groups is 6. The molecule has 0 amide bonds. The van der Waals surface area contributed by atoms with E-state index >= 15 is 0 Å². The number of benzene rings is 7. The van der Waals surface area contributed by atoms with E-state index in [1.165, 1.54) is 5.57 Å². The number of aliphatic hydroxyl groups excluding tert-OH is 1. The van der Waals surface area contributed by atoms with E-state index in [1.54, 1.807) is 31.4 Å². The van der Waals surface area contributed by atoms with Crippen LogP contribution < -0.4 is 47.3 Å². The first kappa shape index (κ1) is 123. The Kier molecular flexibility index (Phi) is 43.4. The Balaban J connectivity index is 0.000000274. The van der Waals surface area contributed by atoms with Crippen molar-refractivity contribution >= 4 is 59.2 Å². The van der Waals surface area contributed by atoms with Crippen LogP contribution in [-0.2, 0) is 74.1 Å². The van der Waals surface area contributed by atoms with Crippen LogP contribution in [0.5, 0.6) is 46.0 Å². The minimum Gasteiger partial charge on any atom is -1.00 e. The number of fused-ring (bicyclic) bond motifs is 12. The third-order valence-electron chi connectivity index (χ3n) is 31.8. The molecule has 8 aliphatic rings. The van der Waals surface area contributed by atoms with Crippen LogP contribution in [0.4, 0.5) is 0 Å². The van der Waals surface area contributed by atoms with E-state index in [0.29, 0.717) is 89.7 Å². The van der Waals surface area contributed by atoms with Crippen LogP contribution in [0.2, 0.25) is 0 Å². The fourth-order valence-electron chi connectivity index (χ4n) is 22.8. The molecule has 4 aliphatic heterocycles. The topological polar surface area (TPSA) is 307 Å². The number of hydrogen-bond acceptors (Lipinski definition) is 21. The first-order chi connectivity index (χ1) is 65.6. The Morgan fingerprint density at radius 2 is 0.660 bits per heavy atom. The third-order valence-corrected chi connectivity index (χ3v) is 37.3. The Labute approximate surface area is 869 Å². The van der Waals surface area contributed by atoms with Crippen molar-refractivity contribution in [2.75, 3.05) is 46.3 Å². The smallest absolute Gasteiger partial charge is 1.00 e. The zero-order valence-electron chi connectivity index (χ0n) is 87.4. The van der Waals surface area contributed by atoms with Crippen LogP contribution >= 0.6 is 6.83 Å². The average molecular weight is 2030 g/mol. The number of rotatable bonds is 28. The number of hydrogen-bond donors (Lipinski definition) is 6. The molecule has 144 heavy (non-hydrogen) atoms. The van der Waals surface area contributed by atoms with Gasteiger partial charge < -0.3 is 90.2 Å². The molecule has 7 aromatic carbocycles. The summed E-state index contributed by atoms with van der Waals surface area (Å²) in [4.78, 5) is 85.9. The number of esters is 4. The number of unbranched alkanes of at least 4 members (excludes halogenated alkanes) is 4. The number of allylic oxidation sites excluding steroid dienone is 1. The van der Waals surface area contributed by atoms with Crippen LogP contribution in [0.25, 0.3) is 0 Å². The molecular weight excluding hydrogens is 1860 g/mol. The summed E-state index contributed by atoms with van der Waals surface area (Å²) >= 11 is 0. The number of ether oxygens (including phenoxy) is 9. The Hall–Kier alpha value is -9.66. The van der Waals surface area contributed by atoms with Gasteiger partial charge in [0.2, 0.25) is 0 Å². The molecule has 21 nitrogen and oxygen atoms in total. The molecule has 4 fully saturated rings. The van der Waals surface area contributed by atoms with Gasteiger partial charge in [0.1, 0.15) is 81.0 Å². The molecule has 15 rings (SSSR count). The number of aromatic hydroxyl groups is 4. The van der Waals surface area contributed by atoms with Gasteiger partial charge in [-0.15, -0.1) is 0 Å². The number of aldehydes is 2. The minimum absolute atomic E-state index is 0. The van der Waals surface area contributed by atoms with Gasteiger partial charge in [-0.1, -0.05) is 83.1 Å². The second kappa shape index (κ2) is 50.8. The van der Waals surface area contributed by atoms with E-state index in [-0.39, 0.29) is 160 Å². The number of phenols is 4. The molecule has 4 aliphatic carbocycles. The summed E-state index contributed by atoms with van der Waals surface area (Å²) in [7, 11) is 1.67. The van der Waals surface area contributed by atoms with E-state index < -0.39 is 39.7 Å². The molecule has 0 bridgehead atoms. The predicted octanol–water partition coefficient (Wildman–Crippen LogP) is 23.0. The van der Waals surface area contributed by atoms with Crippen molar-refractivity contribution in [3.8, 4) is 46.0 Å². The van der Waals surface area contributed by atoms with Crippen molar-refractivity contribution in [3.05, 3.63) is 196 Å². The number of phenolic OH excluding ortho intramolecular Hbond substituents is 4. The minimum atomic E-state index is -3.40. The van der Waals surface area contributed by atoms with E-state index in [1.807, 2.05) is 154 Å². The molecule has 0 aromatic heterocycles. The van der Waals surface area contributed by atoms with Gasteiger partial charge in [0, 0.05) is 70.3 Å². The molecule has 4 heterocycles. The number of halogens is 1. The van der Waals surface area contributed by atoms with E-state index in [0.717, 1.165) is 179 Å². The molecule has 1 unspecified atom stereocenters. The van der Waals surface area contributed by atoms with Crippen LogP contribution in [0.1, 0.15) is 372 Å². The summed E-state index contributed by atoms with van der Waals surface area (Å²) < 4.78 is 52.6. The average Bonchev–Trinajstić information content (AvgIpc) is 0.702. The third kappa shape index (κ3) is 26.2. The quantitative estimate of drug-likeness (QED) is 0.00663. The van der Waals surface area contributed by atoms with Crippen molar-refractivity contribution in [2.45, 2.75) is 371 Å². The number of carbonyl (C=O) groups excluding carboxylic acids is 6. The van der Waals surface area contributed by atoms with Crippen molar-refractivity contribution in [3.63, 3.8) is 0 Å². The Morgan fingerprint density at radius 3 is 0.917 bits per heavy atom. The maximum absolute atomic E-state index is 12.7. The zero-order valence-corrected chi connectivity index (χ0v) is 89.0. The summed E-state index contributed by atoms with van der Waals surface area (Å²) in [6.07, 6.45) is 22.4. The van der Waals surface area contributed by atoms with Crippen LogP contribution in [0.3, 0.4) is 0 Å². The fourth-order valence-corrected chi connectivity index (χ4v) is 27.3. The molecule has 23 heteroatoms. The fraction of sp³-hybridized carbons (Fsp3) is 0.587. The van der Waals surface area contributed by atoms with Crippen molar-refractivity contribution in [1.82, 2.24) is 0 Å². The maximum Gasteiger partial charge on any atom is -1.00 e. The molecule has 4 saturated carbocycles. The zero-order chi connectivity index (χ0) is 102. The molecular formula is C121H177ClO21P-. The Morgan fingerprint density at radius 1 is 0.396 bits per heavy atom. The molecule has 7 aromatic rings. The van der Waals surface area contributed by atoms with Gasteiger partial charge in [-0.3, -0.25) is 19.2 Å². The van der Waals surface area contributed by atoms with Gasteiger partial charge in [-0.25, -0.2) is 0 Å². The van der Waals surface area contributed by atoms with Crippen molar-refractivity contribution in [1.29, 1.82) is 0 Å². The molecule has 6 N–H and O–H groups in total. The summed E-state index contributed by atoms with van der Waals surface area (Å²) in [5, 5.41) is 56.6. The summed E-state index contributed by atoms with van der Waals surface area (Å²) in [6.45, 7) is 40.0. The maximum atomic E-state index is 12.7. The first-order valence-electron chi connectivity index (χ1n) is 51.2. The second-order valence-electron chi connectivity index (χ2n) is 44.4. The number of aliphatic hydroxyl groups is 1. The van der Waals surface area contributed by atoms with Gasteiger partial charge in [0.25, 0.3) is 0 Å². The monoisotopic (exact) mass is 2030 g/mol. The normalized spacial score (nSPS) is 22.3. The summed E-state index contributed by atoms with van der Waals surface area (Å²) in [5.41, 5.74) is 2.15. The van der Waals surface area contributed by atoms with Gasteiger partial charge in [-0.2, -0.15) is 0 Å². The van der Waals surface area contributed by atoms with Crippen molar-refractivity contribution in [2.24, 2.45) is 41.4 Å². The van der Waals surface area contributed by atoms with Gasteiger partial charge in [-0.05, 0) is 314 Å². The van der Waals surface area contributed by atoms with E-state index in [2.05, 4.69) is 113 Å². The van der Waals surface area contributed by atoms with Crippen LogP contribution in [-0.4, -0.2) is 136 Å². The summed E-state index contributed by atoms with van der Waals surface area (Å²) in [5.74, 6) is 3.85. The largest absolute Gasteiger partial charge is 1.00 e. The first-order valence-corrected chi connectivity index (χ1v) is 53.6. The molecule has 11 atom stereocenters. The molecule has 0 radical (unpaired) electrons. The molecule has 800 valence electrons. The number of methoxy groups -OCH3 is 1. The Bertz CT molecular complexity index is 5190. The van der Waals surface area contributed by atoms with Crippen LogP contribution in [0.15, 0.2) is 151 Å². The van der Waals surface area contributed by atoms with Gasteiger partial charge in [0.15, 0.2) is 0 Å². The molecule has 0 spiro atoms. The standard InChI is InChI=1S/C25H36O5.C24H36O5.2C24H34O5.C20H21OP.4CH4.ClH/c1-7-8-11-29-23(27)24(2,3)17-13-20(26)22-18-12-16(15-28-6)9-10-19(18)25(4,5)30-21(22)14-17;3*1-6-7-10-28-22(27)23(2,3)16-12-19(26)21-17-11-15(14-25)8-9-18(17)24(4,5)29-20(21)13-16;1-2-22(21,18-12-6-3-7-13-18,19-14-8-4-9-15-19)20-16-10-5-11-17-20;;;;;/h13-15,18-19,26H,7-12H2,1-6H3;12-13,15,17-18,25-26H,6-11,14H2,1-5H3;2*12-15,17-18,26H,6-11H2,1-5H3;3-17,21H,2H2,1H3;4*1H4;1H/p-1/t18-,19-;15-,17-,18-;15?,17-,18-;15-,17-,18-;;;;;;/m1111....../s1. The van der Waals surface area contributed by atoms with Crippen LogP contribution in [0, 0.1) is 41.4 Å². The van der Waals surface area contributed by atoms with Crippen molar-refractivity contribution < 1.29 is 114 Å². The van der Waals surface area contributed by atoms with E-state index in [4.69, 9.17) is 42.6 Å². The second-order valence-corrected chi connectivity index (χ2v) is 49.1. The van der Waals surface area contributed by atoms with E-state index in [9.17, 15) is 59.2 Å². The molecule has 0 saturated heterocycles. The van der Waals surface area contributed by atoms with Gasteiger partial charge in [0.05, 0.1) is 61.5 Å². The predicted molar refractivity (Wildman–Crippen MR) is 577 cm³/mol. The summed E-state index contributed by atoms with van der Waals surface area (Å²) in [6, 6.07) is 44.7. The SMILES string of the molecule is C.C.C.C.CCCCOC(=O)C(C)(C)c1cc(O)c2c(c1)OC(C)(C)[C@@H]1CCC(=COC)C[C@@H]21.CCCCOC(=O)C(C)(C)c1cc(O)c2c(c1)OC(C)(C)[C@@H]1CCC(C=O)C[C@@H]21.CCCCOC(=O)C(C)(C)c1cc(O)c2c(c1)OC(C)(C)[C@@H]1CC[C@@H](C=O)C[C@@H]21.CCCCOC(=O)C(C)(C)c1cc(O)c2c(c1)OC(C)(C)[C@@H]1CC[C@@H](CO)C[C@@H]21.CCP(O)(c1ccccc1)(c1ccccc1)c1ccccc1.[Cl-].